The van der Waals surface area contributed by atoms with Crippen LogP contribution in [0, 0.1) is 0 Å². The van der Waals surface area contributed by atoms with Crippen LogP contribution in [0.4, 0.5) is 0 Å². The van der Waals surface area contributed by atoms with E-state index in [9.17, 15) is 9.59 Å². The van der Waals surface area contributed by atoms with Crippen LogP contribution in [0.2, 0.25) is 0 Å². The first-order valence-corrected chi connectivity index (χ1v) is 4.88. The van der Waals surface area contributed by atoms with Crippen LogP contribution in [0.25, 0.3) is 0 Å². The van der Waals surface area contributed by atoms with Crippen molar-refractivity contribution in [1.29, 1.82) is 0 Å². The molecule has 0 aliphatic heterocycles. The van der Waals surface area contributed by atoms with Crippen molar-refractivity contribution in [3.05, 3.63) is 35.9 Å². The number of hydrogen-bond donors (Lipinski definition) is 2. The number of nitrogens with zero attached hydrogens (tertiary/aromatic N) is 1. The Morgan fingerprint density at radius 3 is 2.35 bits per heavy atom. The Bertz CT molecular complexity index is 392. The Kier molecular flexibility index (Phi) is 4.62. The van der Waals surface area contributed by atoms with E-state index in [0.29, 0.717) is 5.06 Å². The van der Waals surface area contributed by atoms with Gasteiger partial charge in [0.1, 0.15) is 0 Å². The first-order valence-electron chi connectivity index (χ1n) is 4.88. The summed E-state index contributed by atoms with van der Waals surface area (Å²) in [5, 5.41) is 18.4. The highest BCUT2D eigenvalue weighted by atomic mass is 16.7. The smallest absolute Gasteiger partial charge is 0.331 e. The summed E-state index contributed by atoms with van der Waals surface area (Å²) in [6.07, 6.45) is 0. The molecular formula is C11H13NO5. The van der Waals surface area contributed by atoms with E-state index in [1.165, 1.54) is 19.2 Å². The van der Waals surface area contributed by atoms with Crippen molar-refractivity contribution in [3.63, 3.8) is 0 Å². The van der Waals surface area contributed by atoms with Gasteiger partial charge < -0.3 is 10.2 Å². The summed E-state index contributed by atoms with van der Waals surface area (Å²) in [6.45, 7) is -0.720. The number of rotatable bonds is 5. The van der Waals surface area contributed by atoms with Crippen LogP contribution in [-0.2, 0) is 9.63 Å². The highest BCUT2D eigenvalue weighted by Crippen LogP contribution is 2.08. The molecule has 92 valence electrons. The average Bonchev–Trinajstić information content (AvgIpc) is 2.35. The largest absolute Gasteiger partial charge is 0.480 e. The van der Waals surface area contributed by atoms with Gasteiger partial charge in [0.2, 0.25) is 0 Å². The first-order chi connectivity index (χ1) is 8.11. The lowest BCUT2D eigenvalue weighted by Crippen LogP contribution is -2.46. The van der Waals surface area contributed by atoms with E-state index in [2.05, 4.69) is 0 Å². The molecule has 1 amide bonds. The standard InChI is InChI=1S/C11H13NO5/c1-17-12(9(7-13)11(15)16)10(14)8-5-3-2-4-6-8/h2-6,9,13H,7H2,1H3,(H,15,16)/t9-/m0/s1. The third-order valence-corrected chi connectivity index (χ3v) is 2.16. The lowest BCUT2D eigenvalue weighted by Gasteiger charge is -2.24. The minimum atomic E-state index is -1.42. The summed E-state index contributed by atoms with van der Waals surface area (Å²) >= 11 is 0. The summed E-state index contributed by atoms with van der Waals surface area (Å²) in [5.41, 5.74) is 0.286. The Morgan fingerprint density at radius 2 is 1.94 bits per heavy atom. The second kappa shape index (κ2) is 5.97. The number of hydroxylamine groups is 2. The fourth-order valence-electron chi connectivity index (χ4n) is 1.31. The summed E-state index contributed by atoms with van der Waals surface area (Å²) in [5.74, 6) is -1.95. The number of carboxylic acid groups (broad SMARTS) is 1. The number of aliphatic hydroxyl groups is 1. The van der Waals surface area contributed by atoms with Gasteiger partial charge in [-0.25, -0.2) is 9.86 Å². The number of aliphatic hydroxyl groups excluding tert-OH is 1. The maximum absolute atomic E-state index is 11.9. The second-order valence-electron chi connectivity index (χ2n) is 3.22. The van der Waals surface area contributed by atoms with Gasteiger partial charge in [0, 0.05) is 5.56 Å². The maximum atomic E-state index is 11.9. The van der Waals surface area contributed by atoms with Crippen LogP contribution in [0.3, 0.4) is 0 Å². The van der Waals surface area contributed by atoms with Crippen molar-refractivity contribution < 1.29 is 24.6 Å². The van der Waals surface area contributed by atoms with Crippen molar-refractivity contribution in [2.24, 2.45) is 0 Å². The molecule has 0 bridgehead atoms. The Balaban J connectivity index is 2.95. The molecule has 6 heteroatoms. The zero-order valence-electron chi connectivity index (χ0n) is 9.24. The first kappa shape index (κ1) is 13.1. The molecule has 1 aromatic rings. The molecule has 0 spiro atoms. The van der Waals surface area contributed by atoms with Crippen LogP contribution in [0.15, 0.2) is 30.3 Å². The van der Waals surface area contributed by atoms with E-state index in [-0.39, 0.29) is 5.56 Å². The number of benzene rings is 1. The third-order valence-electron chi connectivity index (χ3n) is 2.16. The van der Waals surface area contributed by atoms with Gasteiger partial charge in [0.25, 0.3) is 5.91 Å². The normalized spacial score (nSPS) is 11.9. The fraction of sp³-hybridized carbons (Fsp3) is 0.273. The monoisotopic (exact) mass is 239 g/mol. The minimum Gasteiger partial charge on any atom is -0.480 e. The molecule has 1 rings (SSSR count). The van der Waals surface area contributed by atoms with E-state index in [1.54, 1.807) is 18.2 Å². The predicted molar refractivity (Wildman–Crippen MR) is 58.1 cm³/mol. The summed E-state index contributed by atoms with van der Waals surface area (Å²) in [4.78, 5) is 27.5. The molecular weight excluding hydrogens is 226 g/mol. The Labute approximate surface area is 98.0 Å². The summed E-state index contributed by atoms with van der Waals surface area (Å²) in [6, 6.07) is 6.67. The van der Waals surface area contributed by atoms with Gasteiger partial charge in [0.15, 0.2) is 6.04 Å². The van der Waals surface area contributed by atoms with Gasteiger partial charge in [-0.15, -0.1) is 0 Å². The van der Waals surface area contributed by atoms with Gasteiger partial charge >= 0.3 is 5.97 Å². The molecule has 0 heterocycles. The second-order valence-corrected chi connectivity index (χ2v) is 3.22. The van der Waals surface area contributed by atoms with Crippen LogP contribution in [-0.4, -0.2) is 46.9 Å². The number of amides is 1. The summed E-state index contributed by atoms with van der Waals surface area (Å²) in [7, 11) is 1.17. The summed E-state index contributed by atoms with van der Waals surface area (Å²) < 4.78 is 0. The van der Waals surface area contributed by atoms with Crippen molar-refractivity contribution >= 4 is 11.9 Å². The number of hydrogen-bond acceptors (Lipinski definition) is 4. The van der Waals surface area contributed by atoms with Crippen LogP contribution in [0.1, 0.15) is 10.4 Å². The van der Waals surface area contributed by atoms with Gasteiger partial charge in [-0.2, -0.15) is 0 Å². The SMILES string of the molecule is CON(C(=O)c1ccccc1)[C@@H](CO)C(=O)O. The lowest BCUT2D eigenvalue weighted by molar-refractivity contribution is -0.170. The van der Waals surface area contributed by atoms with Crippen LogP contribution < -0.4 is 0 Å². The van der Waals surface area contributed by atoms with E-state index in [0.717, 1.165) is 0 Å². The number of aliphatic carboxylic acids is 1. The van der Waals surface area contributed by atoms with Gasteiger partial charge in [-0.05, 0) is 12.1 Å². The zero-order chi connectivity index (χ0) is 12.8. The third kappa shape index (κ3) is 3.02. The van der Waals surface area contributed by atoms with E-state index >= 15 is 0 Å². The molecule has 0 saturated heterocycles. The lowest BCUT2D eigenvalue weighted by atomic mass is 10.2. The molecule has 17 heavy (non-hydrogen) atoms. The van der Waals surface area contributed by atoms with E-state index in [1.807, 2.05) is 0 Å². The maximum Gasteiger partial charge on any atom is 0.331 e. The number of carbonyl (C=O) groups excluding carboxylic acids is 1. The van der Waals surface area contributed by atoms with Crippen molar-refractivity contribution in [1.82, 2.24) is 5.06 Å². The fourth-order valence-corrected chi connectivity index (χ4v) is 1.31. The van der Waals surface area contributed by atoms with E-state index in [4.69, 9.17) is 15.1 Å². The average molecular weight is 239 g/mol. The van der Waals surface area contributed by atoms with Gasteiger partial charge in [-0.3, -0.25) is 9.63 Å². The zero-order valence-corrected chi connectivity index (χ0v) is 9.24. The molecule has 6 nitrogen and oxygen atoms in total. The Hall–Kier alpha value is -1.92. The highest BCUT2D eigenvalue weighted by Gasteiger charge is 2.30. The predicted octanol–water partition coefficient (Wildman–Crippen LogP) is 0.136. The molecule has 0 saturated carbocycles. The molecule has 0 fully saturated rings. The molecule has 2 N–H and O–H groups in total. The van der Waals surface area contributed by atoms with Crippen LogP contribution >= 0.6 is 0 Å². The Morgan fingerprint density at radius 1 is 1.35 bits per heavy atom. The molecule has 1 atom stereocenters. The highest BCUT2D eigenvalue weighted by molar-refractivity contribution is 5.95. The van der Waals surface area contributed by atoms with Crippen LogP contribution in [0.5, 0.6) is 0 Å². The van der Waals surface area contributed by atoms with Gasteiger partial charge in [0.05, 0.1) is 13.7 Å². The molecule has 0 aromatic heterocycles. The molecule has 0 aliphatic carbocycles. The van der Waals surface area contributed by atoms with Crippen molar-refractivity contribution in [2.45, 2.75) is 6.04 Å². The van der Waals surface area contributed by atoms with Crippen molar-refractivity contribution in [2.75, 3.05) is 13.7 Å². The topological polar surface area (TPSA) is 87.1 Å². The van der Waals surface area contributed by atoms with Crippen molar-refractivity contribution in [3.8, 4) is 0 Å². The number of carboxylic acids is 1. The molecule has 0 aliphatic rings. The molecule has 0 unspecified atom stereocenters. The van der Waals surface area contributed by atoms with Gasteiger partial charge in [-0.1, -0.05) is 18.2 Å². The van der Waals surface area contributed by atoms with E-state index < -0.39 is 24.5 Å². The molecule has 0 radical (unpaired) electrons. The number of carbonyl (C=O) groups is 2. The minimum absolute atomic E-state index is 0.286. The molecule has 1 aromatic carbocycles. The quantitative estimate of drug-likeness (QED) is 0.713.